The summed E-state index contributed by atoms with van der Waals surface area (Å²) < 4.78 is 1.54. The van der Waals surface area contributed by atoms with Crippen molar-refractivity contribution >= 4 is 17.8 Å². The van der Waals surface area contributed by atoms with E-state index in [1.807, 2.05) is 0 Å². The molecule has 3 rings (SSSR count). The lowest BCUT2D eigenvalue weighted by Gasteiger charge is -2.16. The fourth-order valence-corrected chi connectivity index (χ4v) is 2.35. The summed E-state index contributed by atoms with van der Waals surface area (Å²) in [4.78, 5) is 41.5. The highest BCUT2D eigenvalue weighted by Crippen LogP contribution is 2.24. The quantitative estimate of drug-likeness (QED) is 0.797. The Bertz CT molecular complexity index is 746. The molecule has 0 fully saturated rings. The van der Waals surface area contributed by atoms with Crippen molar-refractivity contribution in [2.75, 3.05) is 0 Å². The molecule has 1 aliphatic heterocycles. The normalized spacial score (nSPS) is 14.9. The number of hydrogen-bond donors (Lipinski definition) is 0. The third kappa shape index (κ3) is 2.07. The zero-order valence-corrected chi connectivity index (χ0v) is 12.0. The summed E-state index contributed by atoms with van der Waals surface area (Å²) in [7, 11) is 1.70. The molecule has 0 aliphatic carbocycles. The largest absolute Gasteiger partial charge is 0.341 e. The monoisotopic (exact) mass is 299 g/mol. The molecular weight excluding hydrogens is 286 g/mol. The second-order valence-corrected chi connectivity index (χ2v) is 4.96. The zero-order valence-electron chi connectivity index (χ0n) is 12.0. The van der Waals surface area contributed by atoms with Crippen molar-refractivity contribution in [3.63, 3.8) is 0 Å². The molecule has 0 saturated carbocycles. The van der Waals surface area contributed by atoms with Gasteiger partial charge in [0.25, 0.3) is 11.8 Å². The Labute approximate surface area is 126 Å². The molecule has 1 unspecified atom stereocenters. The molecule has 1 aromatic carbocycles. The van der Waals surface area contributed by atoms with E-state index in [1.165, 1.54) is 16.8 Å². The lowest BCUT2D eigenvalue weighted by atomic mass is 10.1. The van der Waals surface area contributed by atoms with E-state index in [1.54, 1.807) is 38.4 Å². The van der Waals surface area contributed by atoms with Gasteiger partial charge in [-0.3, -0.25) is 14.3 Å². The van der Waals surface area contributed by atoms with Gasteiger partial charge in [0.1, 0.15) is 0 Å². The number of aryl methyl sites for hydroxylation is 1. The average Bonchev–Trinajstić information content (AvgIpc) is 3.04. The van der Waals surface area contributed by atoms with Gasteiger partial charge in [0.15, 0.2) is 0 Å². The zero-order chi connectivity index (χ0) is 15.9. The van der Waals surface area contributed by atoms with Crippen LogP contribution in [0.2, 0.25) is 0 Å². The van der Waals surface area contributed by atoms with Crippen LogP contribution >= 0.6 is 0 Å². The van der Waals surface area contributed by atoms with Gasteiger partial charge in [-0.2, -0.15) is 5.10 Å². The minimum absolute atomic E-state index is 0.230. The Morgan fingerprint density at radius 1 is 1.14 bits per heavy atom. The first kappa shape index (κ1) is 14.0. The molecule has 0 spiro atoms. The van der Waals surface area contributed by atoms with E-state index >= 15 is 0 Å². The van der Waals surface area contributed by atoms with E-state index in [0.29, 0.717) is 10.8 Å². The van der Waals surface area contributed by atoms with Crippen molar-refractivity contribution in [3.8, 4) is 0 Å². The lowest BCUT2D eigenvalue weighted by molar-refractivity contribution is -0.170. The molecule has 0 radical (unpaired) electrons. The summed E-state index contributed by atoms with van der Waals surface area (Å²) in [5.41, 5.74) is 1.09. The van der Waals surface area contributed by atoms with E-state index < -0.39 is 23.7 Å². The van der Waals surface area contributed by atoms with Crippen LogP contribution in [0, 0.1) is 0 Å². The molecule has 1 aliphatic rings. The third-order valence-corrected chi connectivity index (χ3v) is 3.59. The summed E-state index contributed by atoms with van der Waals surface area (Å²) in [6, 6.07) is 8.01. The second kappa shape index (κ2) is 5.10. The van der Waals surface area contributed by atoms with Crippen molar-refractivity contribution in [1.29, 1.82) is 0 Å². The van der Waals surface area contributed by atoms with Crippen LogP contribution in [0.3, 0.4) is 0 Å². The van der Waals surface area contributed by atoms with Gasteiger partial charge in [-0.15, -0.1) is 0 Å². The molecular formula is C15H13N3O4. The molecule has 112 valence electrons. The highest BCUT2D eigenvalue weighted by Gasteiger charge is 2.39. The lowest BCUT2D eigenvalue weighted by Crippen LogP contribution is -2.34. The number of aromatic nitrogens is 2. The standard InChI is InChI=1S/C15H13N3O4/c1-9(12-7-8-16-17(12)2)15(21)22-18-13(19)10-5-3-4-6-11(10)14(18)20/h3-9H,1-2H3. The molecule has 0 bridgehead atoms. The first-order chi connectivity index (χ1) is 10.5. The van der Waals surface area contributed by atoms with E-state index in [9.17, 15) is 14.4 Å². The summed E-state index contributed by atoms with van der Waals surface area (Å²) in [5.74, 6) is -2.62. The Morgan fingerprint density at radius 2 is 1.73 bits per heavy atom. The van der Waals surface area contributed by atoms with Crippen molar-refractivity contribution in [2.45, 2.75) is 12.8 Å². The fourth-order valence-electron chi connectivity index (χ4n) is 2.35. The van der Waals surface area contributed by atoms with Crippen LogP contribution in [0.25, 0.3) is 0 Å². The number of nitrogens with zero attached hydrogens (tertiary/aromatic N) is 3. The van der Waals surface area contributed by atoms with Crippen LogP contribution in [0.1, 0.15) is 39.3 Å². The van der Waals surface area contributed by atoms with Gasteiger partial charge < -0.3 is 4.84 Å². The Kier molecular flexibility index (Phi) is 3.25. The van der Waals surface area contributed by atoms with Gasteiger partial charge in [-0.25, -0.2) is 4.79 Å². The van der Waals surface area contributed by atoms with Gasteiger partial charge in [0, 0.05) is 13.2 Å². The van der Waals surface area contributed by atoms with Crippen molar-refractivity contribution < 1.29 is 19.2 Å². The molecule has 0 saturated heterocycles. The predicted molar refractivity (Wildman–Crippen MR) is 74.7 cm³/mol. The molecule has 2 aromatic rings. The van der Waals surface area contributed by atoms with Crippen molar-refractivity contribution in [1.82, 2.24) is 14.8 Å². The SMILES string of the molecule is CC(C(=O)ON1C(=O)c2ccccc2C1=O)c1ccnn1C. The number of carbonyl (C=O) groups is 3. The highest BCUT2D eigenvalue weighted by molar-refractivity contribution is 6.20. The number of carbonyl (C=O) groups excluding carboxylic acids is 3. The van der Waals surface area contributed by atoms with E-state index in [-0.39, 0.29) is 11.1 Å². The number of rotatable bonds is 3. The molecule has 0 N–H and O–H groups in total. The van der Waals surface area contributed by atoms with Gasteiger partial charge in [-0.1, -0.05) is 17.2 Å². The predicted octanol–water partition coefficient (Wildman–Crippen LogP) is 1.28. The van der Waals surface area contributed by atoms with E-state index in [0.717, 1.165) is 0 Å². The summed E-state index contributed by atoms with van der Waals surface area (Å²) in [5, 5.41) is 4.49. The van der Waals surface area contributed by atoms with Crippen LogP contribution in [0.4, 0.5) is 0 Å². The summed E-state index contributed by atoms with van der Waals surface area (Å²) in [6.45, 7) is 1.62. The maximum Gasteiger partial charge on any atom is 0.341 e. The smallest absolute Gasteiger partial charge is 0.329 e. The molecule has 2 amide bonds. The van der Waals surface area contributed by atoms with Gasteiger partial charge in [0.05, 0.1) is 22.7 Å². The third-order valence-electron chi connectivity index (χ3n) is 3.59. The Hall–Kier alpha value is -2.96. The van der Waals surface area contributed by atoms with Gasteiger partial charge >= 0.3 is 5.97 Å². The second-order valence-electron chi connectivity index (χ2n) is 4.96. The van der Waals surface area contributed by atoms with E-state index in [4.69, 9.17) is 4.84 Å². The number of hydroxylamine groups is 2. The summed E-state index contributed by atoms with van der Waals surface area (Å²) in [6.07, 6.45) is 1.56. The maximum atomic E-state index is 12.2. The van der Waals surface area contributed by atoms with Crippen LogP contribution < -0.4 is 0 Å². The first-order valence-electron chi connectivity index (χ1n) is 6.68. The number of fused-ring (bicyclic) bond motifs is 1. The number of imide groups is 1. The summed E-state index contributed by atoms with van der Waals surface area (Å²) >= 11 is 0. The molecule has 1 aromatic heterocycles. The van der Waals surface area contributed by atoms with Crippen molar-refractivity contribution in [2.24, 2.45) is 7.05 Å². The topological polar surface area (TPSA) is 81.5 Å². The average molecular weight is 299 g/mol. The number of benzene rings is 1. The molecule has 7 heteroatoms. The van der Waals surface area contributed by atoms with Gasteiger partial charge in [-0.05, 0) is 25.1 Å². The maximum absolute atomic E-state index is 12.2. The van der Waals surface area contributed by atoms with E-state index in [2.05, 4.69) is 5.10 Å². The van der Waals surface area contributed by atoms with Crippen LogP contribution in [0.5, 0.6) is 0 Å². The van der Waals surface area contributed by atoms with Gasteiger partial charge in [0.2, 0.25) is 0 Å². The Morgan fingerprint density at radius 3 is 2.23 bits per heavy atom. The number of amides is 2. The van der Waals surface area contributed by atoms with Crippen LogP contribution in [0.15, 0.2) is 36.5 Å². The fraction of sp³-hybridized carbons (Fsp3) is 0.200. The minimum Gasteiger partial charge on any atom is -0.329 e. The van der Waals surface area contributed by atoms with Crippen molar-refractivity contribution in [3.05, 3.63) is 53.3 Å². The van der Waals surface area contributed by atoms with Crippen LogP contribution in [-0.2, 0) is 16.7 Å². The molecule has 7 nitrogen and oxygen atoms in total. The minimum atomic E-state index is -0.696. The molecule has 22 heavy (non-hydrogen) atoms. The molecule has 1 atom stereocenters. The number of hydrogen-bond acceptors (Lipinski definition) is 5. The Balaban J connectivity index is 1.80. The highest BCUT2D eigenvalue weighted by atomic mass is 16.7. The molecule has 2 heterocycles. The first-order valence-corrected chi connectivity index (χ1v) is 6.68. The van der Waals surface area contributed by atoms with Crippen LogP contribution in [-0.4, -0.2) is 32.6 Å².